The first-order valence-corrected chi connectivity index (χ1v) is 9.86. The van der Waals surface area contributed by atoms with Gasteiger partial charge in [0.05, 0.1) is 19.5 Å². The monoisotopic (exact) mass is 399 g/mol. The number of sulfonamides is 1. The Hall–Kier alpha value is -2.33. The normalized spacial score (nSPS) is 20.3. The molecule has 0 radical (unpaired) electrons. The summed E-state index contributed by atoms with van der Waals surface area (Å²) in [6.45, 7) is 0. The van der Waals surface area contributed by atoms with E-state index in [0.29, 0.717) is 37.4 Å². The molecule has 1 saturated carbocycles. The summed E-state index contributed by atoms with van der Waals surface area (Å²) in [4.78, 5) is 7.13. The molecule has 1 N–H and O–H groups in total. The predicted molar refractivity (Wildman–Crippen MR) is 91.9 cm³/mol. The number of hydrogen-bond acceptors (Lipinski definition) is 6. The highest BCUT2D eigenvalue weighted by molar-refractivity contribution is 7.89. The van der Waals surface area contributed by atoms with E-state index in [-0.39, 0.29) is 6.10 Å². The van der Waals surface area contributed by atoms with Gasteiger partial charge in [0.2, 0.25) is 21.8 Å². The summed E-state index contributed by atoms with van der Waals surface area (Å²) < 4.78 is 65.3. The molecule has 0 bridgehead atoms. The van der Waals surface area contributed by atoms with E-state index < -0.39 is 32.6 Å². The molecule has 1 aromatic carbocycles. The Kier molecular flexibility index (Phi) is 5.85. The summed E-state index contributed by atoms with van der Waals surface area (Å²) in [7, 11) is -2.81. The van der Waals surface area contributed by atoms with Crippen molar-refractivity contribution in [2.24, 2.45) is 0 Å². The molecule has 1 aliphatic rings. The molecule has 0 aliphatic heterocycles. The Morgan fingerprint density at radius 2 is 1.70 bits per heavy atom. The first-order chi connectivity index (χ1) is 12.9. The van der Waals surface area contributed by atoms with Gasteiger partial charge in [-0.3, -0.25) is 4.98 Å². The van der Waals surface area contributed by atoms with Gasteiger partial charge in [0, 0.05) is 6.04 Å². The van der Waals surface area contributed by atoms with Crippen LogP contribution in [0.1, 0.15) is 25.7 Å². The maximum atomic E-state index is 13.8. The molecule has 0 amide bonds. The second kappa shape index (κ2) is 8.13. The van der Waals surface area contributed by atoms with Gasteiger partial charge in [0.15, 0.2) is 4.90 Å². The fourth-order valence-electron chi connectivity index (χ4n) is 2.97. The highest BCUT2D eigenvalue weighted by Gasteiger charge is 2.30. The van der Waals surface area contributed by atoms with Gasteiger partial charge >= 0.3 is 0 Å². The average Bonchev–Trinajstić information content (AvgIpc) is 2.63. The molecular formula is C17H19F2N3O4S. The third kappa shape index (κ3) is 4.69. The molecule has 0 atom stereocenters. The molecule has 0 spiro atoms. The number of ether oxygens (including phenoxy) is 2. The summed E-state index contributed by atoms with van der Waals surface area (Å²) in [5, 5.41) is 0. The van der Waals surface area contributed by atoms with Crippen molar-refractivity contribution in [2.75, 3.05) is 7.11 Å². The smallest absolute Gasteiger partial charge is 0.246 e. The number of hydrogen-bond donors (Lipinski definition) is 1. The SMILES string of the molecule is COc1cncc(OC2CCC(NS(=O)(=O)c3c(F)cccc3F)CC2)n1. The van der Waals surface area contributed by atoms with Crippen LogP contribution in [-0.4, -0.2) is 37.6 Å². The van der Waals surface area contributed by atoms with Gasteiger partial charge in [0.25, 0.3) is 0 Å². The molecule has 146 valence electrons. The van der Waals surface area contributed by atoms with Crippen molar-refractivity contribution in [3.05, 3.63) is 42.2 Å². The van der Waals surface area contributed by atoms with Crippen LogP contribution in [0, 0.1) is 11.6 Å². The lowest BCUT2D eigenvalue weighted by Crippen LogP contribution is -2.40. The number of halogens is 2. The van der Waals surface area contributed by atoms with Crippen LogP contribution in [0.3, 0.4) is 0 Å². The van der Waals surface area contributed by atoms with Crippen molar-refractivity contribution in [1.29, 1.82) is 0 Å². The molecule has 0 saturated heterocycles. The van der Waals surface area contributed by atoms with E-state index in [1.165, 1.54) is 19.5 Å². The highest BCUT2D eigenvalue weighted by Crippen LogP contribution is 2.26. The fraction of sp³-hybridized carbons (Fsp3) is 0.412. The average molecular weight is 399 g/mol. The van der Waals surface area contributed by atoms with Crippen LogP contribution < -0.4 is 14.2 Å². The first-order valence-electron chi connectivity index (χ1n) is 8.38. The van der Waals surface area contributed by atoms with Gasteiger partial charge in [-0.1, -0.05) is 6.07 Å². The minimum Gasteiger partial charge on any atom is -0.480 e. The summed E-state index contributed by atoms with van der Waals surface area (Å²) >= 11 is 0. The van der Waals surface area contributed by atoms with E-state index >= 15 is 0 Å². The van der Waals surface area contributed by atoms with Crippen LogP contribution in [0.25, 0.3) is 0 Å². The predicted octanol–water partition coefficient (Wildman–Crippen LogP) is 2.43. The number of benzene rings is 1. The number of nitrogens with one attached hydrogen (secondary N) is 1. The lowest BCUT2D eigenvalue weighted by atomic mass is 9.94. The summed E-state index contributed by atoms with van der Waals surface area (Å²) in [6, 6.07) is 2.52. The van der Waals surface area contributed by atoms with Gasteiger partial charge in [-0.05, 0) is 37.8 Å². The number of methoxy groups -OCH3 is 1. The second-order valence-electron chi connectivity index (χ2n) is 6.16. The second-order valence-corrected chi connectivity index (χ2v) is 7.81. The molecule has 7 nitrogen and oxygen atoms in total. The van der Waals surface area contributed by atoms with E-state index in [2.05, 4.69) is 14.7 Å². The van der Waals surface area contributed by atoms with E-state index in [9.17, 15) is 17.2 Å². The lowest BCUT2D eigenvalue weighted by Gasteiger charge is -2.29. The van der Waals surface area contributed by atoms with E-state index in [0.717, 1.165) is 18.2 Å². The minimum absolute atomic E-state index is 0.155. The van der Waals surface area contributed by atoms with Crippen molar-refractivity contribution in [3.63, 3.8) is 0 Å². The molecule has 1 aliphatic carbocycles. The minimum atomic E-state index is -4.29. The summed E-state index contributed by atoms with van der Waals surface area (Å²) in [5.41, 5.74) is 0. The topological polar surface area (TPSA) is 90.4 Å². The fourth-order valence-corrected chi connectivity index (χ4v) is 4.42. The number of rotatable bonds is 6. The third-order valence-electron chi connectivity index (χ3n) is 4.27. The van der Waals surface area contributed by atoms with Gasteiger partial charge in [-0.2, -0.15) is 4.98 Å². The molecular weight excluding hydrogens is 380 g/mol. The highest BCUT2D eigenvalue weighted by atomic mass is 32.2. The zero-order valence-corrected chi connectivity index (χ0v) is 15.4. The Bertz CT molecular complexity index is 883. The molecule has 0 unspecified atom stereocenters. The van der Waals surface area contributed by atoms with Crippen molar-refractivity contribution < 1.29 is 26.7 Å². The van der Waals surface area contributed by atoms with E-state index in [1.807, 2.05) is 0 Å². The largest absolute Gasteiger partial charge is 0.480 e. The van der Waals surface area contributed by atoms with Crippen LogP contribution in [0.5, 0.6) is 11.8 Å². The Morgan fingerprint density at radius 3 is 2.33 bits per heavy atom. The third-order valence-corrected chi connectivity index (χ3v) is 5.84. The number of nitrogens with zero attached hydrogens (tertiary/aromatic N) is 2. The number of aromatic nitrogens is 2. The first kappa shape index (κ1) is 19.4. The summed E-state index contributed by atoms with van der Waals surface area (Å²) in [5.74, 6) is -1.57. The Labute approximate surface area is 155 Å². The van der Waals surface area contributed by atoms with Gasteiger partial charge in [0.1, 0.15) is 17.7 Å². The molecule has 3 rings (SSSR count). The van der Waals surface area contributed by atoms with Crippen LogP contribution in [-0.2, 0) is 10.0 Å². The molecule has 1 fully saturated rings. The maximum absolute atomic E-state index is 13.8. The van der Waals surface area contributed by atoms with Crippen LogP contribution in [0.2, 0.25) is 0 Å². The van der Waals surface area contributed by atoms with Crippen molar-refractivity contribution in [3.8, 4) is 11.8 Å². The standard InChI is InChI=1S/C17H19F2N3O4S/c1-25-15-9-20-10-16(21-15)26-12-7-5-11(6-8-12)22-27(23,24)17-13(18)3-2-4-14(17)19/h2-4,9-12,22H,5-8H2,1H3. The maximum Gasteiger partial charge on any atom is 0.246 e. The van der Waals surface area contributed by atoms with Gasteiger partial charge in [-0.15, -0.1) is 0 Å². The van der Waals surface area contributed by atoms with Gasteiger partial charge < -0.3 is 9.47 Å². The Balaban J connectivity index is 1.59. The van der Waals surface area contributed by atoms with Crippen molar-refractivity contribution in [2.45, 2.75) is 42.7 Å². The van der Waals surface area contributed by atoms with Gasteiger partial charge in [-0.25, -0.2) is 21.9 Å². The van der Waals surface area contributed by atoms with Crippen LogP contribution in [0.15, 0.2) is 35.5 Å². The zero-order valence-electron chi connectivity index (χ0n) is 14.6. The van der Waals surface area contributed by atoms with Crippen LogP contribution in [0.4, 0.5) is 8.78 Å². The molecule has 1 heterocycles. The van der Waals surface area contributed by atoms with Crippen molar-refractivity contribution in [1.82, 2.24) is 14.7 Å². The van der Waals surface area contributed by atoms with E-state index in [4.69, 9.17) is 9.47 Å². The zero-order chi connectivity index (χ0) is 19.4. The Morgan fingerprint density at radius 1 is 1.07 bits per heavy atom. The van der Waals surface area contributed by atoms with Crippen molar-refractivity contribution >= 4 is 10.0 Å². The molecule has 2 aromatic rings. The van der Waals surface area contributed by atoms with E-state index in [1.54, 1.807) is 0 Å². The molecule has 10 heteroatoms. The quantitative estimate of drug-likeness (QED) is 0.802. The molecule has 1 aromatic heterocycles. The van der Waals surface area contributed by atoms with Crippen LogP contribution >= 0.6 is 0 Å². The lowest BCUT2D eigenvalue weighted by molar-refractivity contribution is 0.136. The summed E-state index contributed by atoms with van der Waals surface area (Å²) in [6.07, 6.45) is 4.84. The molecule has 27 heavy (non-hydrogen) atoms.